The summed E-state index contributed by atoms with van der Waals surface area (Å²) < 4.78 is 30.5. The van der Waals surface area contributed by atoms with Crippen LogP contribution < -0.4 is 5.32 Å². The molecule has 0 bridgehead atoms. The molecule has 0 atom stereocenters. The van der Waals surface area contributed by atoms with Crippen LogP contribution in [0.5, 0.6) is 0 Å². The van der Waals surface area contributed by atoms with Gasteiger partial charge in [-0.05, 0) is 30.5 Å². The van der Waals surface area contributed by atoms with Crippen molar-refractivity contribution in [2.24, 2.45) is 0 Å². The van der Waals surface area contributed by atoms with E-state index in [2.05, 4.69) is 5.32 Å². The molecule has 77 valence electrons. The third-order valence-electron chi connectivity index (χ3n) is 2.32. The molecule has 2 rings (SSSR count). The molecule has 1 aliphatic heterocycles. The molecule has 0 aromatic heterocycles. The number of hydrogen-bond donors (Lipinski definition) is 2. The quantitative estimate of drug-likeness (QED) is 0.562. The Kier molecular flexibility index (Phi) is 4.20. The first-order valence-electron chi connectivity index (χ1n) is 4.42. The number of hydrogen-bond acceptors (Lipinski definition) is 3. The fourth-order valence-electron chi connectivity index (χ4n) is 1.60. The maximum Gasteiger partial charge on any atom is 0.294 e. The predicted molar refractivity (Wildman–Crippen MR) is 58.8 cm³/mol. The molecule has 6 heteroatoms. The van der Waals surface area contributed by atoms with E-state index in [0.717, 1.165) is 30.6 Å². The van der Waals surface area contributed by atoms with E-state index in [1.165, 1.54) is 12.1 Å². The van der Waals surface area contributed by atoms with E-state index in [4.69, 9.17) is 4.55 Å². The van der Waals surface area contributed by atoms with Crippen LogP contribution in [-0.2, 0) is 16.5 Å². The molecule has 0 saturated heterocycles. The second-order valence-corrected chi connectivity index (χ2v) is 4.75. The van der Waals surface area contributed by atoms with Gasteiger partial charge in [0.05, 0.1) is 4.90 Å². The van der Waals surface area contributed by atoms with Crippen molar-refractivity contribution in [3.63, 3.8) is 0 Å². The van der Waals surface area contributed by atoms with Gasteiger partial charge in [0.25, 0.3) is 10.1 Å². The third-order valence-corrected chi connectivity index (χ3v) is 3.17. The van der Waals surface area contributed by atoms with E-state index in [1.807, 2.05) is 0 Å². The molecule has 15 heavy (non-hydrogen) atoms. The van der Waals surface area contributed by atoms with Gasteiger partial charge in [0.2, 0.25) is 0 Å². The van der Waals surface area contributed by atoms with Crippen LogP contribution in [-0.4, -0.2) is 49.1 Å². The van der Waals surface area contributed by atoms with Gasteiger partial charge in [-0.15, -0.1) is 0 Å². The smallest absolute Gasteiger partial charge is 0.294 e. The second kappa shape index (κ2) is 4.84. The summed E-state index contributed by atoms with van der Waals surface area (Å²) in [6.45, 7) is 0.849. The summed E-state index contributed by atoms with van der Waals surface area (Å²) in [6.07, 6.45) is 2.01. The molecule has 0 fully saturated rings. The van der Waals surface area contributed by atoms with Crippen molar-refractivity contribution in [3.8, 4) is 0 Å². The van der Waals surface area contributed by atoms with Gasteiger partial charge in [0.1, 0.15) is 0 Å². The van der Waals surface area contributed by atoms with Crippen LogP contribution in [0.15, 0.2) is 23.1 Å². The topological polar surface area (TPSA) is 66.4 Å². The van der Waals surface area contributed by atoms with Gasteiger partial charge < -0.3 is 5.32 Å². The second-order valence-electron chi connectivity index (χ2n) is 3.32. The fourth-order valence-corrected chi connectivity index (χ4v) is 2.11. The normalized spacial score (nSPS) is 14.7. The van der Waals surface area contributed by atoms with Crippen molar-refractivity contribution < 1.29 is 13.0 Å². The molecular weight excluding hydrogens is 225 g/mol. The van der Waals surface area contributed by atoms with E-state index in [-0.39, 0.29) is 34.5 Å². The van der Waals surface area contributed by atoms with Gasteiger partial charge in [-0.25, -0.2) is 0 Å². The Bertz CT molecular complexity index is 458. The van der Waals surface area contributed by atoms with Crippen molar-refractivity contribution in [3.05, 3.63) is 23.8 Å². The molecule has 0 unspecified atom stereocenters. The maximum absolute atomic E-state index is 10.8. The Labute approximate surface area is 111 Å². The summed E-state index contributed by atoms with van der Waals surface area (Å²) in [7, 11) is -4.08. The van der Waals surface area contributed by atoms with Crippen LogP contribution in [0.1, 0.15) is 12.0 Å². The number of fused-ring (bicyclic) bond motifs is 1. The van der Waals surface area contributed by atoms with Crippen molar-refractivity contribution in [1.29, 1.82) is 0 Å². The van der Waals surface area contributed by atoms with Crippen molar-refractivity contribution in [2.75, 3.05) is 11.9 Å². The van der Waals surface area contributed by atoms with Crippen molar-refractivity contribution >= 4 is 45.4 Å². The Hall–Kier alpha value is -0.0700. The molecule has 4 nitrogen and oxygen atoms in total. The zero-order chi connectivity index (χ0) is 10.2. The van der Waals surface area contributed by atoms with Gasteiger partial charge in [-0.1, -0.05) is 6.07 Å². The average molecular weight is 236 g/mol. The molecular formula is C9H11NNaO3S. The van der Waals surface area contributed by atoms with Crippen molar-refractivity contribution in [2.45, 2.75) is 17.7 Å². The van der Waals surface area contributed by atoms with Crippen LogP contribution in [0.4, 0.5) is 5.69 Å². The van der Waals surface area contributed by atoms with Crippen LogP contribution in [0.3, 0.4) is 0 Å². The molecule has 1 aliphatic rings. The van der Waals surface area contributed by atoms with Crippen LogP contribution in [0.25, 0.3) is 0 Å². The zero-order valence-corrected chi connectivity index (χ0v) is 11.3. The largest absolute Gasteiger partial charge is 0.385 e. The van der Waals surface area contributed by atoms with E-state index in [1.54, 1.807) is 6.07 Å². The summed E-state index contributed by atoms with van der Waals surface area (Å²) in [6, 6.07) is 4.65. The molecule has 1 aromatic carbocycles. The summed E-state index contributed by atoms with van der Waals surface area (Å²) in [5.41, 5.74) is 1.91. The van der Waals surface area contributed by atoms with Gasteiger partial charge >= 0.3 is 0 Å². The van der Waals surface area contributed by atoms with Gasteiger partial charge in [0, 0.05) is 41.8 Å². The van der Waals surface area contributed by atoms with Crippen LogP contribution >= 0.6 is 0 Å². The van der Waals surface area contributed by atoms with Crippen LogP contribution in [0.2, 0.25) is 0 Å². The summed E-state index contributed by atoms with van der Waals surface area (Å²) in [5.74, 6) is 0. The molecule has 0 aliphatic carbocycles. The van der Waals surface area contributed by atoms with Crippen molar-refractivity contribution in [1.82, 2.24) is 0 Å². The zero-order valence-electron chi connectivity index (χ0n) is 8.53. The van der Waals surface area contributed by atoms with Gasteiger partial charge in [0.15, 0.2) is 0 Å². The van der Waals surface area contributed by atoms with Gasteiger partial charge in [-0.2, -0.15) is 8.42 Å². The molecule has 1 aromatic rings. The van der Waals surface area contributed by atoms with E-state index < -0.39 is 10.1 Å². The number of anilines is 1. The fraction of sp³-hybridized carbons (Fsp3) is 0.333. The summed E-state index contributed by atoms with van der Waals surface area (Å²) >= 11 is 0. The maximum atomic E-state index is 10.8. The minimum absolute atomic E-state index is 0. The molecule has 2 N–H and O–H groups in total. The first-order valence-corrected chi connectivity index (χ1v) is 5.86. The Morgan fingerprint density at radius 2 is 2.07 bits per heavy atom. The minimum Gasteiger partial charge on any atom is -0.385 e. The van der Waals surface area contributed by atoms with Gasteiger partial charge in [-0.3, -0.25) is 4.55 Å². The van der Waals surface area contributed by atoms with E-state index >= 15 is 0 Å². The number of aryl methyl sites for hydroxylation is 1. The Morgan fingerprint density at radius 1 is 1.33 bits per heavy atom. The summed E-state index contributed by atoms with van der Waals surface area (Å²) in [5, 5.41) is 3.10. The molecule has 0 amide bonds. The minimum atomic E-state index is -4.08. The number of benzene rings is 1. The monoisotopic (exact) mass is 236 g/mol. The molecule has 0 spiro atoms. The predicted octanol–water partition coefficient (Wildman–Crippen LogP) is 0.911. The SMILES string of the molecule is O=S(=O)(O)c1ccc2c(c1)NCCC2.[Na]. The Balaban J connectivity index is 0.00000112. The van der Waals surface area contributed by atoms with Crippen LogP contribution in [0, 0.1) is 0 Å². The molecule has 1 radical (unpaired) electrons. The van der Waals surface area contributed by atoms with E-state index in [9.17, 15) is 8.42 Å². The average Bonchev–Trinajstić information content (AvgIpc) is 2.16. The molecule has 0 saturated carbocycles. The molecule has 1 heterocycles. The Morgan fingerprint density at radius 3 is 2.73 bits per heavy atom. The first kappa shape index (κ1) is 13.0. The first-order chi connectivity index (χ1) is 6.57. The standard InChI is InChI=1S/C9H11NO3S.Na/c11-14(12,13)8-4-3-7-2-1-5-10-9(7)6-8;/h3-4,6,10H,1-2,5H2,(H,11,12,13);. The third kappa shape index (κ3) is 2.95. The van der Waals surface area contributed by atoms with E-state index in [0.29, 0.717) is 0 Å². The summed E-state index contributed by atoms with van der Waals surface area (Å²) in [4.78, 5) is -0.0503. The number of rotatable bonds is 1. The number of nitrogens with one attached hydrogen (secondary N) is 1.